The highest BCUT2D eigenvalue weighted by molar-refractivity contribution is 7.80. The van der Waals surface area contributed by atoms with Gasteiger partial charge in [-0.2, -0.15) is 0 Å². The Kier molecular flexibility index (Phi) is 6.56. The molecule has 120 valence electrons. The van der Waals surface area contributed by atoms with Gasteiger partial charge in [0.15, 0.2) is 5.11 Å². The Bertz CT molecular complexity index is 686. The zero-order valence-electron chi connectivity index (χ0n) is 12.9. The maximum atomic E-state index is 12.1. The van der Waals surface area contributed by atoms with E-state index in [9.17, 15) is 4.79 Å². The Morgan fingerprint density at radius 2 is 1.83 bits per heavy atom. The summed E-state index contributed by atoms with van der Waals surface area (Å²) in [7, 11) is 0. The van der Waals surface area contributed by atoms with E-state index in [0.717, 1.165) is 12.1 Å². The number of hydrogen-bond acceptors (Lipinski definition) is 2. The van der Waals surface area contributed by atoms with Gasteiger partial charge in [-0.25, -0.2) is 0 Å². The Morgan fingerprint density at radius 1 is 1.13 bits per heavy atom. The van der Waals surface area contributed by atoms with Gasteiger partial charge in [-0.15, -0.1) is 0 Å². The van der Waals surface area contributed by atoms with Gasteiger partial charge >= 0.3 is 0 Å². The fourth-order valence-corrected chi connectivity index (χ4v) is 2.55. The fourth-order valence-electron chi connectivity index (χ4n) is 2.11. The van der Waals surface area contributed by atoms with E-state index < -0.39 is 0 Å². The van der Waals surface area contributed by atoms with E-state index in [1.807, 2.05) is 12.1 Å². The molecular formula is C18H19ClN2OS. The molecule has 0 spiro atoms. The summed E-state index contributed by atoms with van der Waals surface area (Å²) in [6.45, 7) is 2.18. The van der Waals surface area contributed by atoms with Crippen molar-refractivity contribution in [3.8, 4) is 0 Å². The second-order valence-corrected chi connectivity index (χ2v) is 6.00. The summed E-state index contributed by atoms with van der Waals surface area (Å²) in [4.78, 5) is 12.1. The minimum Gasteiger partial charge on any atom is -0.332 e. The molecule has 0 aliphatic rings. The smallest absolute Gasteiger partial charge is 0.258 e. The number of hydrogen-bond donors (Lipinski definition) is 2. The van der Waals surface area contributed by atoms with Gasteiger partial charge in [0.2, 0.25) is 0 Å². The number of aryl methyl sites for hydroxylation is 1. The van der Waals surface area contributed by atoms with Crippen molar-refractivity contribution in [3.05, 3.63) is 64.7 Å². The standard InChI is InChI=1S/C18H19ClN2OS/c1-2-3-6-13-9-11-14(12-10-13)20-18(23)21-17(22)15-7-4-5-8-16(15)19/h4-5,7-12H,2-3,6H2,1H3,(H2,20,21,22,23). The van der Waals surface area contributed by atoms with Crippen LogP contribution >= 0.6 is 23.8 Å². The third kappa shape index (κ3) is 5.34. The molecule has 2 aromatic carbocycles. The molecule has 0 bridgehead atoms. The lowest BCUT2D eigenvalue weighted by Crippen LogP contribution is -2.34. The average molecular weight is 347 g/mol. The second-order valence-electron chi connectivity index (χ2n) is 5.19. The average Bonchev–Trinajstić information content (AvgIpc) is 2.54. The number of carbonyl (C=O) groups excluding carboxylic acids is 1. The molecule has 0 aromatic heterocycles. The predicted octanol–water partition coefficient (Wildman–Crippen LogP) is 4.81. The maximum Gasteiger partial charge on any atom is 0.258 e. The summed E-state index contributed by atoms with van der Waals surface area (Å²) < 4.78 is 0. The molecule has 3 nitrogen and oxygen atoms in total. The predicted molar refractivity (Wildman–Crippen MR) is 100 cm³/mol. The molecule has 0 fully saturated rings. The molecule has 2 N–H and O–H groups in total. The Hall–Kier alpha value is -1.91. The van der Waals surface area contributed by atoms with Gasteiger partial charge in [0.05, 0.1) is 10.6 Å². The summed E-state index contributed by atoms with van der Waals surface area (Å²) in [5, 5.41) is 6.28. The van der Waals surface area contributed by atoms with Crippen LogP contribution in [-0.4, -0.2) is 11.0 Å². The molecule has 0 atom stereocenters. The van der Waals surface area contributed by atoms with E-state index in [-0.39, 0.29) is 11.0 Å². The van der Waals surface area contributed by atoms with Gasteiger partial charge in [-0.05, 0) is 54.9 Å². The van der Waals surface area contributed by atoms with Gasteiger partial charge in [0, 0.05) is 5.69 Å². The van der Waals surface area contributed by atoms with Crippen molar-refractivity contribution >= 4 is 40.5 Å². The molecule has 0 saturated heterocycles. The molecule has 2 rings (SSSR count). The molecule has 1 amide bonds. The van der Waals surface area contributed by atoms with Crippen LogP contribution in [-0.2, 0) is 6.42 Å². The van der Waals surface area contributed by atoms with Crippen molar-refractivity contribution in [2.45, 2.75) is 26.2 Å². The van der Waals surface area contributed by atoms with Crippen LogP contribution in [0.25, 0.3) is 0 Å². The largest absolute Gasteiger partial charge is 0.332 e. The molecular weight excluding hydrogens is 328 g/mol. The third-order valence-electron chi connectivity index (χ3n) is 3.38. The Labute approximate surface area is 147 Å². The maximum absolute atomic E-state index is 12.1. The van der Waals surface area contributed by atoms with Crippen LogP contribution in [0.3, 0.4) is 0 Å². The lowest BCUT2D eigenvalue weighted by Gasteiger charge is -2.11. The van der Waals surface area contributed by atoms with E-state index >= 15 is 0 Å². The lowest BCUT2D eigenvalue weighted by atomic mass is 10.1. The van der Waals surface area contributed by atoms with Gasteiger partial charge in [0.1, 0.15) is 0 Å². The van der Waals surface area contributed by atoms with Crippen molar-refractivity contribution < 1.29 is 4.79 Å². The zero-order chi connectivity index (χ0) is 16.7. The first kappa shape index (κ1) is 17.4. The molecule has 2 aromatic rings. The van der Waals surface area contributed by atoms with E-state index in [1.54, 1.807) is 24.3 Å². The molecule has 0 radical (unpaired) electrons. The zero-order valence-corrected chi connectivity index (χ0v) is 14.5. The van der Waals surface area contributed by atoms with Crippen LogP contribution in [0, 0.1) is 0 Å². The molecule has 5 heteroatoms. The molecule has 0 aliphatic heterocycles. The van der Waals surface area contributed by atoms with Crippen LogP contribution in [0.5, 0.6) is 0 Å². The monoisotopic (exact) mass is 346 g/mol. The minimum atomic E-state index is -0.326. The summed E-state index contributed by atoms with van der Waals surface area (Å²) in [6, 6.07) is 14.9. The Balaban J connectivity index is 1.92. The number of carbonyl (C=O) groups is 1. The van der Waals surface area contributed by atoms with Gasteiger partial charge < -0.3 is 5.32 Å². The van der Waals surface area contributed by atoms with Gasteiger partial charge in [-0.3, -0.25) is 10.1 Å². The number of thiocarbonyl (C=S) groups is 1. The number of rotatable bonds is 5. The topological polar surface area (TPSA) is 41.1 Å². The highest BCUT2D eigenvalue weighted by Gasteiger charge is 2.11. The fraction of sp³-hybridized carbons (Fsp3) is 0.222. The second kappa shape index (κ2) is 8.65. The van der Waals surface area contributed by atoms with Crippen molar-refractivity contribution in [2.24, 2.45) is 0 Å². The van der Waals surface area contributed by atoms with Crippen LogP contribution in [0.1, 0.15) is 35.7 Å². The van der Waals surface area contributed by atoms with Crippen molar-refractivity contribution in [1.82, 2.24) is 5.32 Å². The summed E-state index contributed by atoms with van der Waals surface area (Å²) in [5.74, 6) is -0.326. The molecule has 0 heterocycles. The number of halogens is 1. The number of nitrogens with one attached hydrogen (secondary N) is 2. The number of unbranched alkanes of at least 4 members (excludes halogenated alkanes) is 1. The third-order valence-corrected chi connectivity index (χ3v) is 3.91. The van der Waals surface area contributed by atoms with Gasteiger partial charge in [0.25, 0.3) is 5.91 Å². The quantitative estimate of drug-likeness (QED) is 0.763. The lowest BCUT2D eigenvalue weighted by molar-refractivity contribution is 0.0978. The summed E-state index contributed by atoms with van der Waals surface area (Å²) in [6.07, 6.45) is 3.43. The van der Waals surface area contributed by atoms with Crippen LogP contribution in [0.4, 0.5) is 5.69 Å². The van der Waals surface area contributed by atoms with Crippen molar-refractivity contribution in [3.63, 3.8) is 0 Å². The van der Waals surface area contributed by atoms with E-state index in [1.165, 1.54) is 18.4 Å². The number of anilines is 1. The molecule has 0 unspecified atom stereocenters. The number of amides is 1. The first-order chi connectivity index (χ1) is 11.1. The highest BCUT2D eigenvalue weighted by Crippen LogP contribution is 2.15. The normalized spacial score (nSPS) is 10.2. The van der Waals surface area contributed by atoms with E-state index in [2.05, 4.69) is 29.7 Å². The summed E-state index contributed by atoms with van der Waals surface area (Å²) in [5.41, 5.74) is 2.53. The SMILES string of the molecule is CCCCc1ccc(NC(=S)NC(=O)c2ccccc2Cl)cc1. The first-order valence-electron chi connectivity index (χ1n) is 7.56. The first-order valence-corrected chi connectivity index (χ1v) is 8.34. The number of benzene rings is 2. The molecule has 23 heavy (non-hydrogen) atoms. The van der Waals surface area contributed by atoms with Crippen molar-refractivity contribution in [2.75, 3.05) is 5.32 Å². The van der Waals surface area contributed by atoms with Crippen LogP contribution in [0.15, 0.2) is 48.5 Å². The van der Waals surface area contributed by atoms with Crippen molar-refractivity contribution in [1.29, 1.82) is 0 Å². The minimum absolute atomic E-state index is 0.247. The van der Waals surface area contributed by atoms with Gasteiger partial charge in [-0.1, -0.05) is 49.2 Å². The summed E-state index contributed by atoms with van der Waals surface area (Å²) >= 11 is 11.2. The van der Waals surface area contributed by atoms with Crippen LogP contribution < -0.4 is 10.6 Å². The van der Waals surface area contributed by atoms with E-state index in [4.69, 9.17) is 23.8 Å². The van der Waals surface area contributed by atoms with E-state index in [0.29, 0.717) is 10.6 Å². The Morgan fingerprint density at radius 3 is 2.48 bits per heavy atom. The molecule has 0 saturated carbocycles. The highest BCUT2D eigenvalue weighted by atomic mass is 35.5. The molecule has 0 aliphatic carbocycles. The van der Waals surface area contributed by atoms with Crippen LogP contribution in [0.2, 0.25) is 5.02 Å².